The minimum atomic E-state index is -3.71. The van der Waals surface area contributed by atoms with Gasteiger partial charge >= 0.3 is 0 Å². The van der Waals surface area contributed by atoms with Crippen LogP contribution in [-0.4, -0.2) is 55.1 Å². The lowest BCUT2D eigenvalue weighted by atomic mass is 10.1. The molecule has 35 heavy (non-hydrogen) atoms. The molecule has 0 saturated carbocycles. The van der Waals surface area contributed by atoms with E-state index in [0.717, 1.165) is 5.56 Å². The standard InChI is InChI=1S/C25H22N4O5S/c30-23(19-8-5-11-22(17-19)35(31,32)29-12-14-33-15-13-29)26-21-10-4-9-20(16-21)25-28-27-24(34-25)18-6-2-1-3-7-18/h1-11,16-17H,12-15H2,(H,26,30). The Hall–Kier alpha value is -3.86. The maximum absolute atomic E-state index is 12.9. The Labute approximate surface area is 202 Å². The number of nitrogens with zero attached hydrogens (tertiary/aromatic N) is 3. The predicted octanol–water partition coefficient (Wildman–Crippen LogP) is 3.68. The zero-order valence-electron chi connectivity index (χ0n) is 18.6. The molecule has 10 heteroatoms. The Bertz CT molecular complexity index is 1450. The molecule has 1 aliphatic rings. The van der Waals surface area contributed by atoms with Crippen LogP contribution in [0.4, 0.5) is 5.69 Å². The van der Waals surface area contributed by atoms with Gasteiger partial charge in [-0.2, -0.15) is 4.31 Å². The molecule has 2 heterocycles. The first-order chi connectivity index (χ1) is 17.0. The van der Waals surface area contributed by atoms with Gasteiger partial charge in [0.05, 0.1) is 18.1 Å². The zero-order chi connectivity index (χ0) is 24.3. The van der Waals surface area contributed by atoms with Crippen molar-refractivity contribution >= 4 is 21.6 Å². The Morgan fingerprint density at radius 1 is 0.829 bits per heavy atom. The van der Waals surface area contributed by atoms with Gasteiger partial charge in [-0.15, -0.1) is 10.2 Å². The Morgan fingerprint density at radius 3 is 2.29 bits per heavy atom. The first-order valence-electron chi connectivity index (χ1n) is 11.0. The van der Waals surface area contributed by atoms with Gasteiger partial charge in [0.25, 0.3) is 5.91 Å². The highest BCUT2D eigenvalue weighted by Crippen LogP contribution is 2.26. The fraction of sp³-hybridized carbons (Fsp3) is 0.160. The first-order valence-corrected chi connectivity index (χ1v) is 12.4. The molecule has 3 aromatic carbocycles. The van der Waals surface area contributed by atoms with Crippen molar-refractivity contribution in [2.45, 2.75) is 4.90 Å². The van der Waals surface area contributed by atoms with Crippen LogP contribution in [0.1, 0.15) is 10.4 Å². The summed E-state index contributed by atoms with van der Waals surface area (Å²) in [6.07, 6.45) is 0. The van der Waals surface area contributed by atoms with E-state index in [0.29, 0.717) is 36.2 Å². The fourth-order valence-electron chi connectivity index (χ4n) is 3.70. The quantitative estimate of drug-likeness (QED) is 0.438. The number of carbonyl (C=O) groups is 1. The van der Waals surface area contributed by atoms with Gasteiger partial charge in [0, 0.05) is 35.5 Å². The lowest BCUT2D eigenvalue weighted by Crippen LogP contribution is -2.40. The third-order valence-electron chi connectivity index (χ3n) is 5.52. The number of sulfonamides is 1. The average molecular weight is 491 g/mol. The van der Waals surface area contributed by atoms with E-state index in [1.165, 1.54) is 16.4 Å². The first kappa shape index (κ1) is 22.9. The van der Waals surface area contributed by atoms with Crippen molar-refractivity contribution in [1.29, 1.82) is 0 Å². The van der Waals surface area contributed by atoms with Gasteiger partial charge in [-0.25, -0.2) is 8.42 Å². The molecule has 1 N–H and O–H groups in total. The van der Waals surface area contributed by atoms with Crippen LogP contribution in [0.25, 0.3) is 22.9 Å². The summed E-state index contributed by atoms with van der Waals surface area (Å²) in [4.78, 5) is 13.0. The largest absolute Gasteiger partial charge is 0.416 e. The molecule has 1 aromatic heterocycles. The van der Waals surface area contributed by atoms with E-state index in [9.17, 15) is 13.2 Å². The summed E-state index contributed by atoms with van der Waals surface area (Å²) >= 11 is 0. The van der Waals surface area contributed by atoms with Gasteiger partial charge in [0.2, 0.25) is 21.8 Å². The number of benzene rings is 3. The van der Waals surface area contributed by atoms with E-state index in [1.54, 1.807) is 36.4 Å². The van der Waals surface area contributed by atoms with E-state index in [-0.39, 0.29) is 23.5 Å². The third-order valence-corrected chi connectivity index (χ3v) is 7.41. The number of amides is 1. The molecular weight excluding hydrogens is 468 g/mol. The van der Waals surface area contributed by atoms with Crippen LogP contribution in [0.5, 0.6) is 0 Å². The molecule has 1 saturated heterocycles. The summed E-state index contributed by atoms with van der Waals surface area (Å²) in [5.41, 5.74) is 2.19. The van der Waals surface area contributed by atoms with Crippen LogP contribution >= 0.6 is 0 Å². The smallest absolute Gasteiger partial charge is 0.255 e. The molecule has 0 unspecified atom stereocenters. The lowest BCUT2D eigenvalue weighted by molar-refractivity contribution is 0.0730. The van der Waals surface area contributed by atoms with Gasteiger partial charge in [-0.1, -0.05) is 30.3 Å². The van der Waals surface area contributed by atoms with E-state index < -0.39 is 15.9 Å². The highest BCUT2D eigenvalue weighted by Gasteiger charge is 2.27. The summed E-state index contributed by atoms with van der Waals surface area (Å²) in [5.74, 6) is 0.281. The molecule has 5 rings (SSSR count). The van der Waals surface area contributed by atoms with Crippen molar-refractivity contribution in [1.82, 2.24) is 14.5 Å². The van der Waals surface area contributed by atoms with Crippen LogP contribution in [0.3, 0.4) is 0 Å². The molecule has 1 aliphatic heterocycles. The summed E-state index contributed by atoms with van der Waals surface area (Å²) < 4.78 is 38.3. The SMILES string of the molecule is O=C(Nc1cccc(-c2nnc(-c3ccccc3)o2)c1)c1cccc(S(=O)(=O)N2CCOCC2)c1. The minimum absolute atomic E-state index is 0.0695. The van der Waals surface area contributed by atoms with Crippen LogP contribution < -0.4 is 5.32 Å². The molecule has 178 valence electrons. The van der Waals surface area contributed by atoms with Crippen molar-refractivity contribution in [3.05, 3.63) is 84.4 Å². The number of anilines is 1. The normalized spacial score (nSPS) is 14.5. The van der Waals surface area contributed by atoms with Crippen molar-refractivity contribution in [3.8, 4) is 22.9 Å². The van der Waals surface area contributed by atoms with E-state index >= 15 is 0 Å². The molecule has 9 nitrogen and oxygen atoms in total. The molecule has 0 atom stereocenters. The average Bonchev–Trinajstić information content (AvgIpc) is 3.41. The predicted molar refractivity (Wildman–Crippen MR) is 129 cm³/mol. The number of ether oxygens (including phenoxy) is 1. The summed E-state index contributed by atoms with van der Waals surface area (Å²) in [7, 11) is -3.71. The topological polar surface area (TPSA) is 115 Å². The van der Waals surface area contributed by atoms with Gasteiger partial charge in [-0.05, 0) is 48.5 Å². The van der Waals surface area contributed by atoms with Crippen molar-refractivity contribution in [2.24, 2.45) is 0 Å². The fourth-order valence-corrected chi connectivity index (χ4v) is 5.16. The minimum Gasteiger partial charge on any atom is -0.416 e. The van der Waals surface area contributed by atoms with Crippen LogP contribution in [0.2, 0.25) is 0 Å². The van der Waals surface area contributed by atoms with Gasteiger partial charge in [0.15, 0.2) is 0 Å². The molecule has 1 amide bonds. The van der Waals surface area contributed by atoms with Gasteiger partial charge < -0.3 is 14.5 Å². The molecule has 1 fully saturated rings. The summed E-state index contributed by atoms with van der Waals surface area (Å²) in [6, 6.07) is 22.4. The second kappa shape index (κ2) is 9.79. The van der Waals surface area contributed by atoms with E-state index in [1.807, 2.05) is 30.3 Å². The number of aromatic nitrogens is 2. The second-order valence-corrected chi connectivity index (χ2v) is 9.80. The number of rotatable bonds is 6. The maximum atomic E-state index is 12.9. The maximum Gasteiger partial charge on any atom is 0.255 e. The molecule has 0 spiro atoms. The van der Waals surface area contributed by atoms with E-state index in [2.05, 4.69) is 15.5 Å². The highest BCUT2D eigenvalue weighted by molar-refractivity contribution is 7.89. The number of hydrogen-bond donors (Lipinski definition) is 1. The van der Waals surface area contributed by atoms with E-state index in [4.69, 9.17) is 9.15 Å². The van der Waals surface area contributed by atoms with Crippen LogP contribution in [-0.2, 0) is 14.8 Å². The second-order valence-electron chi connectivity index (χ2n) is 7.86. The van der Waals surface area contributed by atoms with Gasteiger partial charge in [0.1, 0.15) is 0 Å². The molecule has 0 bridgehead atoms. The zero-order valence-corrected chi connectivity index (χ0v) is 19.4. The number of carbonyl (C=O) groups excluding carboxylic acids is 1. The summed E-state index contributed by atoms with van der Waals surface area (Å²) in [5, 5.41) is 11.0. The number of morpholine rings is 1. The van der Waals surface area contributed by atoms with Crippen molar-refractivity contribution in [3.63, 3.8) is 0 Å². The van der Waals surface area contributed by atoms with Crippen molar-refractivity contribution in [2.75, 3.05) is 31.6 Å². The van der Waals surface area contributed by atoms with Crippen molar-refractivity contribution < 1.29 is 22.4 Å². The number of nitrogens with one attached hydrogen (secondary N) is 1. The Kier molecular flexibility index (Phi) is 6.41. The molecular formula is C25H22N4O5S. The van der Waals surface area contributed by atoms with Gasteiger partial charge in [-0.3, -0.25) is 4.79 Å². The molecule has 0 aliphatic carbocycles. The lowest BCUT2D eigenvalue weighted by Gasteiger charge is -2.26. The summed E-state index contributed by atoms with van der Waals surface area (Å²) in [6.45, 7) is 1.27. The van der Waals surface area contributed by atoms with Crippen LogP contribution in [0, 0.1) is 0 Å². The monoisotopic (exact) mass is 490 g/mol. The third kappa shape index (κ3) is 4.99. The Morgan fingerprint density at radius 2 is 1.51 bits per heavy atom. The molecule has 4 aromatic rings. The number of hydrogen-bond acceptors (Lipinski definition) is 7. The molecule has 0 radical (unpaired) electrons. The Balaban J connectivity index is 1.34. The van der Waals surface area contributed by atoms with Crippen LogP contribution in [0.15, 0.2) is 88.2 Å². The highest BCUT2D eigenvalue weighted by atomic mass is 32.2.